The van der Waals surface area contributed by atoms with Crippen molar-refractivity contribution in [1.82, 2.24) is 0 Å². The van der Waals surface area contributed by atoms with Crippen molar-refractivity contribution in [1.29, 1.82) is 0 Å². The maximum atomic E-state index is 12.1. The summed E-state index contributed by atoms with van der Waals surface area (Å²) in [5.41, 5.74) is 0. The van der Waals surface area contributed by atoms with E-state index in [0.29, 0.717) is 16.5 Å². The van der Waals surface area contributed by atoms with Crippen LogP contribution in [0.5, 0.6) is 11.5 Å². The highest BCUT2D eigenvalue weighted by molar-refractivity contribution is 6.30. The molecule has 0 N–H and O–H groups in total. The fourth-order valence-electron chi connectivity index (χ4n) is 2.20. The second-order valence-electron chi connectivity index (χ2n) is 5.14. The lowest BCUT2D eigenvalue weighted by atomic mass is 10.1. The Morgan fingerprint density at radius 3 is 2.30 bits per heavy atom. The molecule has 0 spiro atoms. The first-order valence-corrected chi connectivity index (χ1v) is 7.62. The van der Waals surface area contributed by atoms with Crippen molar-refractivity contribution < 1.29 is 14.3 Å². The molecule has 0 radical (unpaired) electrons. The third kappa shape index (κ3) is 3.82. The highest BCUT2D eigenvalue weighted by atomic mass is 35.5. The van der Waals surface area contributed by atoms with E-state index >= 15 is 0 Å². The largest absolute Gasteiger partial charge is 0.479 e. The zero-order valence-corrected chi connectivity index (χ0v) is 13.3. The second kappa shape index (κ2) is 6.71. The van der Waals surface area contributed by atoms with Gasteiger partial charge in [-0.15, -0.1) is 0 Å². The SMILES string of the molecule is C[C@H](Oc1ccc(Cl)cc1)C(=O)Oc1ccc2ccccc2c1. The monoisotopic (exact) mass is 326 g/mol. The van der Waals surface area contributed by atoms with E-state index in [1.165, 1.54) is 0 Å². The third-order valence-corrected chi connectivity index (χ3v) is 3.65. The number of benzene rings is 3. The summed E-state index contributed by atoms with van der Waals surface area (Å²) in [7, 11) is 0. The molecule has 0 aliphatic heterocycles. The Bertz CT molecular complexity index is 827. The highest BCUT2D eigenvalue weighted by Crippen LogP contribution is 2.22. The Labute approximate surface area is 139 Å². The number of rotatable bonds is 4. The molecular formula is C19H15ClO3. The van der Waals surface area contributed by atoms with Gasteiger partial charge < -0.3 is 9.47 Å². The number of fused-ring (bicyclic) bond motifs is 1. The molecule has 0 heterocycles. The minimum atomic E-state index is -0.720. The van der Waals surface area contributed by atoms with Crippen LogP contribution in [0.3, 0.4) is 0 Å². The molecule has 0 aliphatic rings. The summed E-state index contributed by atoms with van der Waals surface area (Å²) in [4.78, 5) is 12.1. The molecule has 4 heteroatoms. The molecule has 0 bridgehead atoms. The molecule has 0 aromatic heterocycles. The van der Waals surface area contributed by atoms with E-state index in [2.05, 4.69) is 0 Å². The van der Waals surface area contributed by atoms with Crippen LogP contribution in [0.1, 0.15) is 6.92 Å². The van der Waals surface area contributed by atoms with Gasteiger partial charge in [-0.25, -0.2) is 4.79 Å². The first-order valence-electron chi connectivity index (χ1n) is 7.24. The Morgan fingerprint density at radius 1 is 0.913 bits per heavy atom. The van der Waals surface area contributed by atoms with E-state index < -0.39 is 12.1 Å². The van der Waals surface area contributed by atoms with Crippen LogP contribution in [0.25, 0.3) is 10.8 Å². The molecule has 0 unspecified atom stereocenters. The van der Waals surface area contributed by atoms with Gasteiger partial charge in [0.2, 0.25) is 0 Å². The summed E-state index contributed by atoms with van der Waals surface area (Å²) >= 11 is 5.82. The number of halogens is 1. The topological polar surface area (TPSA) is 35.5 Å². The van der Waals surface area contributed by atoms with Gasteiger partial charge in [0.15, 0.2) is 6.10 Å². The molecule has 0 saturated carbocycles. The fourth-order valence-corrected chi connectivity index (χ4v) is 2.32. The Morgan fingerprint density at radius 2 is 1.57 bits per heavy atom. The highest BCUT2D eigenvalue weighted by Gasteiger charge is 2.17. The van der Waals surface area contributed by atoms with Crippen molar-refractivity contribution in [2.75, 3.05) is 0 Å². The number of hydrogen-bond acceptors (Lipinski definition) is 3. The summed E-state index contributed by atoms with van der Waals surface area (Å²) in [5, 5.41) is 2.73. The van der Waals surface area contributed by atoms with Crippen LogP contribution in [0.4, 0.5) is 0 Å². The van der Waals surface area contributed by atoms with Gasteiger partial charge in [-0.2, -0.15) is 0 Å². The molecule has 3 rings (SSSR count). The molecule has 0 aliphatic carbocycles. The van der Waals surface area contributed by atoms with E-state index in [9.17, 15) is 4.79 Å². The maximum Gasteiger partial charge on any atom is 0.352 e. The van der Waals surface area contributed by atoms with E-state index in [1.807, 2.05) is 36.4 Å². The minimum absolute atomic E-state index is 0.449. The summed E-state index contributed by atoms with van der Waals surface area (Å²) in [6.07, 6.45) is -0.720. The average Bonchev–Trinajstić information content (AvgIpc) is 2.56. The lowest BCUT2D eigenvalue weighted by Crippen LogP contribution is -2.28. The first-order chi connectivity index (χ1) is 11.1. The number of hydrogen-bond donors (Lipinski definition) is 0. The number of carbonyl (C=O) groups is 1. The van der Waals surface area contributed by atoms with Crippen LogP contribution in [-0.2, 0) is 4.79 Å². The van der Waals surface area contributed by atoms with Gasteiger partial charge in [0.05, 0.1) is 0 Å². The molecule has 0 fully saturated rings. The van der Waals surface area contributed by atoms with Crippen molar-refractivity contribution in [2.24, 2.45) is 0 Å². The van der Waals surface area contributed by atoms with Crippen LogP contribution in [0.2, 0.25) is 5.02 Å². The number of esters is 1. The fraction of sp³-hybridized carbons (Fsp3) is 0.105. The predicted molar refractivity (Wildman–Crippen MR) is 91.1 cm³/mol. The van der Waals surface area contributed by atoms with E-state index in [4.69, 9.17) is 21.1 Å². The minimum Gasteiger partial charge on any atom is -0.479 e. The standard InChI is InChI=1S/C19H15ClO3/c1-13(22-17-10-7-16(20)8-11-17)19(21)23-18-9-6-14-4-2-3-5-15(14)12-18/h2-13H,1H3/t13-/m0/s1. The van der Waals surface area contributed by atoms with Crippen LogP contribution in [-0.4, -0.2) is 12.1 Å². The molecule has 3 nitrogen and oxygen atoms in total. The van der Waals surface area contributed by atoms with Gasteiger partial charge in [-0.3, -0.25) is 0 Å². The Hall–Kier alpha value is -2.52. The molecule has 116 valence electrons. The van der Waals surface area contributed by atoms with E-state index in [0.717, 1.165) is 10.8 Å². The van der Waals surface area contributed by atoms with E-state index in [-0.39, 0.29) is 0 Å². The molecule has 0 amide bonds. The van der Waals surface area contributed by atoms with E-state index in [1.54, 1.807) is 37.3 Å². The van der Waals surface area contributed by atoms with Crippen molar-refractivity contribution >= 4 is 28.3 Å². The van der Waals surface area contributed by atoms with Gasteiger partial charge in [-0.05, 0) is 54.1 Å². The smallest absolute Gasteiger partial charge is 0.352 e. The quantitative estimate of drug-likeness (QED) is 0.507. The lowest BCUT2D eigenvalue weighted by molar-refractivity contribution is -0.141. The average molecular weight is 327 g/mol. The van der Waals surface area contributed by atoms with Gasteiger partial charge in [-0.1, -0.05) is 41.9 Å². The Balaban J connectivity index is 1.68. The molecular weight excluding hydrogens is 312 g/mol. The lowest BCUT2D eigenvalue weighted by Gasteiger charge is -2.14. The van der Waals surface area contributed by atoms with Crippen LogP contribution < -0.4 is 9.47 Å². The molecule has 23 heavy (non-hydrogen) atoms. The molecule has 0 saturated heterocycles. The van der Waals surface area contributed by atoms with Gasteiger partial charge in [0.25, 0.3) is 0 Å². The number of ether oxygens (including phenoxy) is 2. The zero-order chi connectivity index (χ0) is 16.2. The van der Waals surface area contributed by atoms with Crippen LogP contribution in [0.15, 0.2) is 66.7 Å². The zero-order valence-electron chi connectivity index (χ0n) is 12.5. The second-order valence-corrected chi connectivity index (χ2v) is 5.58. The summed E-state index contributed by atoms with van der Waals surface area (Å²) in [6.45, 7) is 1.65. The van der Waals surface area contributed by atoms with Crippen LogP contribution in [0, 0.1) is 0 Å². The van der Waals surface area contributed by atoms with Crippen molar-refractivity contribution in [3.63, 3.8) is 0 Å². The van der Waals surface area contributed by atoms with Crippen molar-refractivity contribution in [3.8, 4) is 11.5 Å². The van der Waals surface area contributed by atoms with Gasteiger partial charge in [0, 0.05) is 5.02 Å². The predicted octanol–water partition coefficient (Wildman–Crippen LogP) is 4.87. The summed E-state index contributed by atoms with van der Waals surface area (Å²) < 4.78 is 10.9. The first kappa shape index (κ1) is 15.4. The van der Waals surface area contributed by atoms with Crippen LogP contribution >= 0.6 is 11.6 Å². The summed E-state index contributed by atoms with van der Waals surface area (Å²) in [6, 6.07) is 20.3. The van der Waals surface area contributed by atoms with Gasteiger partial charge >= 0.3 is 5.97 Å². The normalized spacial score (nSPS) is 11.9. The summed E-state index contributed by atoms with van der Waals surface area (Å²) in [5.74, 6) is 0.618. The third-order valence-electron chi connectivity index (χ3n) is 3.40. The molecule has 3 aromatic rings. The van der Waals surface area contributed by atoms with Crippen molar-refractivity contribution in [3.05, 3.63) is 71.8 Å². The van der Waals surface area contributed by atoms with Gasteiger partial charge in [0.1, 0.15) is 11.5 Å². The Kier molecular flexibility index (Phi) is 4.49. The van der Waals surface area contributed by atoms with Crippen molar-refractivity contribution in [2.45, 2.75) is 13.0 Å². The number of carbonyl (C=O) groups excluding carboxylic acids is 1. The molecule has 1 atom stereocenters. The maximum absolute atomic E-state index is 12.1. The molecule has 3 aromatic carbocycles.